The van der Waals surface area contributed by atoms with Gasteiger partial charge in [0.15, 0.2) is 0 Å². The number of carbonyl (C=O) groups is 1. The molecule has 1 aliphatic rings. The zero-order valence-electron chi connectivity index (χ0n) is 17.6. The fraction of sp³-hybridized carbons (Fsp3) is 0.409. The van der Waals surface area contributed by atoms with E-state index in [1.54, 1.807) is 30.3 Å². The Hall–Kier alpha value is -2.09. The molecule has 0 aromatic heterocycles. The highest BCUT2D eigenvalue weighted by atomic mass is 35.5. The highest BCUT2D eigenvalue weighted by Crippen LogP contribution is 2.29. The molecule has 8 heteroatoms. The molecule has 30 heavy (non-hydrogen) atoms. The maximum atomic E-state index is 12.9. The Kier molecular flexibility index (Phi) is 6.18. The molecular formula is C22H28ClN3O3S. The van der Waals surface area contributed by atoms with Gasteiger partial charge in [0.05, 0.1) is 10.6 Å². The minimum Gasteiger partial charge on any atom is -0.349 e. The summed E-state index contributed by atoms with van der Waals surface area (Å²) in [4.78, 5) is 12.9. The highest BCUT2D eigenvalue weighted by Gasteiger charge is 2.38. The van der Waals surface area contributed by atoms with E-state index >= 15 is 0 Å². The van der Waals surface area contributed by atoms with Crippen molar-refractivity contribution in [3.05, 3.63) is 59.1 Å². The molecule has 1 saturated heterocycles. The van der Waals surface area contributed by atoms with Crippen molar-refractivity contribution in [3.8, 4) is 0 Å². The smallest absolute Gasteiger partial charge is 0.261 e. The number of hydrogen-bond donors (Lipinski definition) is 3. The standard InChI is InChI=1S/C22H28ClN3O3S/c1-21(2)13-18(14-22(3,4)26-21)24-20(27)15-7-5-10-19(11-15)30(28,29)25-17-9-6-8-16(23)12-17/h5-12,18,25-26H,13-14H2,1-4H3,(H,24,27). The number of halogens is 1. The van der Waals surface area contributed by atoms with E-state index in [-0.39, 0.29) is 27.9 Å². The Morgan fingerprint density at radius 1 is 1.03 bits per heavy atom. The number of rotatable bonds is 5. The largest absolute Gasteiger partial charge is 0.349 e. The summed E-state index contributed by atoms with van der Waals surface area (Å²) < 4.78 is 28.0. The Bertz CT molecular complexity index is 1040. The van der Waals surface area contributed by atoms with E-state index in [1.165, 1.54) is 18.2 Å². The summed E-state index contributed by atoms with van der Waals surface area (Å²) in [6, 6.07) is 12.5. The molecule has 0 radical (unpaired) electrons. The summed E-state index contributed by atoms with van der Waals surface area (Å²) >= 11 is 5.93. The number of carbonyl (C=O) groups excluding carboxylic acids is 1. The van der Waals surface area contributed by atoms with Crippen LogP contribution in [0.25, 0.3) is 0 Å². The molecule has 1 fully saturated rings. The van der Waals surface area contributed by atoms with Crippen molar-refractivity contribution in [3.63, 3.8) is 0 Å². The molecule has 0 atom stereocenters. The van der Waals surface area contributed by atoms with Crippen LogP contribution >= 0.6 is 11.6 Å². The van der Waals surface area contributed by atoms with Gasteiger partial charge in [0, 0.05) is 27.7 Å². The van der Waals surface area contributed by atoms with Crippen LogP contribution in [0.2, 0.25) is 5.02 Å². The Balaban J connectivity index is 1.77. The quantitative estimate of drug-likeness (QED) is 0.639. The van der Waals surface area contributed by atoms with Gasteiger partial charge in [-0.3, -0.25) is 9.52 Å². The normalized spacial score (nSPS) is 18.6. The van der Waals surface area contributed by atoms with Gasteiger partial charge in [0.25, 0.3) is 15.9 Å². The highest BCUT2D eigenvalue weighted by molar-refractivity contribution is 7.92. The Morgan fingerprint density at radius 2 is 1.67 bits per heavy atom. The summed E-state index contributed by atoms with van der Waals surface area (Å²) in [5, 5.41) is 7.08. The molecule has 1 aliphatic heterocycles. The predicted molar refractivity (Wildman–Crippen MR) is 120 cm³/mol. The Labute approximate surface area is 183 Å². The lowest BCUT2D eigenvalue weighted by Gasteiger charge is -2.46. The lowest BCUT2D eigenvalue weighted by Crippen LogP contribution is -2.62. The number of hydrogen-bond acceptors (Lipinski definition) is 4. The minimum atomic E-state index is -3.85. The van der Waals surface area contributed by atoms with E-state index in [0.717, 1.165) is 12.8 Å². The van der Waals surface area contributed by atoms with Crippen LogP contribution in [0.1, 0.15) is 50.9 Å². The van der Waals surface area contributed by atoms with E-state index in [2.05, 4.69) is 43.1 Å². The molecule has 162 valence electrons. The third kappa shape index (κ3) is 5.74. The fourth-order valence-electron chi connectivity index (χ4n) is 4.26. The first-order chi connectivity index (χ1) is 13.9. The van der Waals surface area contributed by atoms with Gasteiger partial charge in [0.1, 0.15) is 0 Å². The first-order valence-electron chi connectivity index (χ1n) is 9.84. The molecule has 3 N–H and O–H groups in total. The minimum absolute atomic E-state index is 0.00593. The second-order valence-corrected chi connectivity index (χ2v) is 11.2. The van der Waals surface area contributed by atoms with Crippen LogP contribution in [0.4, 0.5) is 5.69 Å². The van der Waals surface area contributed by atoms with E-state index < -0.39 is 10.0 Å². The number of sulfonamides is 1. The van der Waals surface area contributed by atoms with Crippen LogP contribution in [0.5, 0.6) is 0 Å². The monoisotopic (exact) mass is 449 g/mol. The van der Waals surface area contributed by atoms with Gasteiger partial charge in [0.2, 0.25) is 0 Å². The first kappa shape index (κ1) is 22.6. The number of amides is 1. The van der Waals surface area contributed by atoms with Crippen LogP contribution in [-0.4, -0.2) is 31.4 Å². The summed E-state index contributed by atoms with van der Waals surface area (Å²) in [6.07, 6.45) is 1.58. The van der Waals surface area contributed by atoms with E-state index in [4.69, 9.17) is 11.6 Å². The van der Waals surface area contributed by atoms with Crippen LogP contribution in [-0.2, 0) is 10.0 Å². The van der Waals surface area contributed by atoms with Crippen molar-refractivity contribution in [2.45, 2.75) is 62.6 Å². The first-order valence-corrected chi connectivity index (χ1v) is 11.7. The summed E-state index contributed by atoms with van der Waals surface area (Å²) in [7, 11) is -3.85. The van der Waals surface area contributed by atoms with Gasteiger partial charge >= 0.3 is 0 Å². The molecular weight excluding hydrogens is 422 g/mol. The van der Waals surface area contributed by atoms with E-state index in [0.29, 0.717) is 16.3 Å². The van der Waals surface area contributed by atoms with Gasteiger partial charge < -0.3 is 10.6 Å². The molecule has 1 heterocycles. The van der Waals surface area contributed by atoms with Crippen molar-refractivity contribution >= 4 is 33.2 Å². The van der Waals surface area contributed by atoms with E-state index in [9.17, 15) is 13.2 Å². The molecule has 0 spiro atoms. The van der Waals surface area contributed by atoms with Crippen LogP contribution < -0.4 is 15.4 Å². The molecule has 0 unspecified atom stereocenters. The predicted octanol–water partition coefficient (Wildman–Crippen LogP) is 4.18. The summed E-state index contributed by atoms with van der Waals surface area (Å²) in [5.74, 6) is -0.284. The van der Waals surface area contributed by atoms with Crippen LogP contribution in [0.3, 0.4) is 0 Å². The fourth-order valence-corrected chi connectivity index (χ4v) is 5.55. The van der Waals surface area contributed by atoms with Crippen LogP contribution in [0, 0.1) is 0 Å². The van der Waals surface area contributed by atoms with Gasteiger partial charge in [-0.25, -0.2) is 8.42 Å². The van der Waals surface area contributed by atoms with Crippen molar-refractivity contribution in [1.82, 2.24) is 10.6 Å². The maximum absolute atomic E-state index is 12.9. The van der Waals surface area contributed by atoms with Gasteiger partial charge in [-0.15, -0.1) is 0 Å². The van der Waals surface area contributed by atoms with Crippen molar-refractivity contribution in [1.29, 1.82) is 0 Å². The maximum Gasteiger partial charge on any atom is 0.261 e. The average Bonchev–Trinajstić information content (AvgIpc) is 2.58. The molecule has 0 saturated carbocycles. The third-order valence-electron chi connectivity index (χ3n) is 5.01. The summed E-state index contributed by atoms with van der Waals surface area (Å²) in [5.41, 5.74) is 0.451. The molecule has 2 aromatic carbocycles. The Morgan fingerprint density at radius 3 is 2.30 bits per heavy atom. The number of benzene rings is 2. The molecule has 2 aromatic rings. The summed E-state index contributed by atoms with van der Waals surface area (Å²) in [6.45, 7) is 8.45. The molecule has 3 rings (SSSR count). The third-order valence-corrected chi connectivity index (χ3v) is 6.62. The van der Waals surface area contributed by atoms with Gasteiger partial charge in [-0.1, -0.05) is 23.7 Å². The molecule has 0 bridgehead atoms. The molecule has 6 nitrogen and oxygen atoms in total. The van der Waals surface area contributed by atoms with Crippen molar-refractivity contribution in [2.75, 3.05) is 4.72 Å². The van der Waals surface area contributed by atoms with Gasteiger partial charge in [-0.2, -0.15) is 0 Å². The lowest BCUT2D eigenvalue weighted by molar-refractivity contribution is 0.0873. The van der Waals surface area contributed by atoms with Crippen molar-refractivity contribution < 1.29 is 13.2 Å². The van der Waals surface area contributed by atoms with Crippen LogP contribution in [0.15, 0.2) is 53.4 Å². The molecule has 0 aliphatic carbocycles. The zero-order chi connectivity index (χ0) is 22.2. The molecule has 1 amide bonds. The second-order valence-electron chi connectivity index (χ2n) is 9.12. The SMILES string of the molecule is CC1(C)CC(NC(=O)c2cccc(S(=O)(=O)Nc3cccc(Cl)c3)c2)CC(C)(C)N1. The average molecular weight is 450 g/mol. The number of nitrogens with one attached hydrogen (secondary N) is 3. The lowest BCUT2D eigenvalue weighted by atomic mass is 9.79. The zero-order valence-corrected chi connectivity index (χ0v) is 19.2. The van der Waals surface area contributed by atoms with Crippen molar-refractivity contribution in [2.24, 2.45) is 0 Å². The van der Waals surface area contributed by atoms with E-state index in [1.807, 2.05) is 0 Å². The number of piperidine rings is 1. The topological polar surface area (TPSA) is 87.3 Å². The van der Waals surface area contributed by atoms with Gasteiger partial charge in [-0.05, 0) is 76.9 Å². The number of anilines is 1. The second kappa shape index (κ2) is 8.21.